The van der Waals surface area contributed by atoms with Crippen LogP contribution in [0.2, 0.25) is 0 Å². The molecule has 1 aliphatic rings. The van der Waals surface area contributed by atoms with Gasteiger partial charge in [-0.1, -0.05) is 11.8 Å². The standard InChI is InChI=1S/C16H19N3O3S/c1-10(2)19-14(11-4-6-12(21-3)7-5-11)17-18-16(19)23-13-8-9-22-15(13)20/h4-7,10,13H,8-9H2,1-3H3/t13-/m1/s1. The summed E-state index contributed by atoms with van der Waals surface area (Å²) in [5.74, 6) is 1.42. The van der Waals surface area contributed by atoms with Gasteiger partial charge in [0.1, 0.15) is 11.0 Å². The Bertz CT molecular complexity index is 697. The fourth-order valence-electron chi connectivity index (χ4n) is 2.47. The van der Waals surface area contributed by atoms with E-state index in [-0.39, 0.29) is 17.3 Å². The second-order valence-electron chi connectivity index (χ2n) is 5.56. The van der Waals surface area contributed by atoms with Crippen molar-refractivity contribution in [3.63, 3.8) is 0 Å². The Morgan fingerprint density at radius 1 is 1.30 bits per heavy atom. The van der Waals surface area contributed by atoms with Gasteiger partial charge in [0.2, 0.25) is 0 Å². The highest BCUT2D eigenvalue weighted by molar-refractivity contribution is 8.00. The molecule has 3 rings (SSSR count). The van der Waals surface area contributed by atoms with Crippen LogP contribution < -0.4 is 4.74 Å². The van der Waals surface area contributed by atoms with Gasteiger partial charge in [0, 0.05) is 18.0 Å². The second-order valence-corrected chi connectivity index (χ2v) is 6.73. The fourth-order valence-corrected chi connectivity index (χ4v) is 3.60. The number of aromatic nitrogens is 3. The number of carbonyl (C=O) groups excluding carboxylic acids is 1. The maximum absolute atomic E-state index is 11.7. The van der Waals surface area contributed by atoms with Gasteiger partial charge in [-0.15, -0.1) is 10.2 Å². The second kappa shape index (κ2) is 6.62. The maximum atomic E-state index is 11.7. The molecule has 0 spiro atoms. The summed E-state index contributed by atoms with van der Waals surface area (Å²) in [6.07, 6.45) is 0.715. The van der Waals surface area contributed by atoms with Crippen molar-refractivity contribution in [3.8, 4) is 17.1 Å². The van der Waals surface area contributed by atoms with Gasteiger partial charge in [-0.3, -0.25) is 9.36 Å². The number of ether oxygens (including phenoxy) is 2. The third-order valence-corrected chi connectivity index (χ3v) is 4.87. The summed E-state index contributed by atoms with van der Waals surface area (Å²) in [4.78, 5) is 11.7. The number of carbonyl (C=O) groups is 1. The summed E-state index contributed by atoms with van der Waals surface area (Å²) in [5.41, 5.74) is 0.966. The Morgan fingerprint density at radius 2 is 2.04 bits per heavy atom. The van der Waals surface area contributed by atoms with E-state index in [2.05, 4.69) is 28.6 Å². The molecule has 2 heterocycles. The van der Waals surface area contributed by atoms with Gasteiger partial charge in [-0.05, 0) is 38.1 Å². The van der Waals surface area contributed by atoms with Crippen molar-refractivity contribution in [2.45, 2.75) is 36.7 Å². The Hall–Kier alpha value is -2.02. The highest BCUT2D eigenvalue weighted by Gasteiger charge is 2.30. The molecule has 1 aromatic carbocycles. The van der Waals surface area contributed by atoms with E-state index >= 15 is 0 Å². The van der Waals surface area contributed by atoms with E-state index < -0.39 is 0 Å². The first kappa shape index (κ1) is 15.9. The molecule has 1 aromatic heterocycles. The topological polar surface area (TPSA) is 66.2 Å². The third kappa shape index (κ3) is 3.19. The molecular weight excluding hydrogens is 314 g/mol. The zero-order chi connectivity index (χ0) is 16.4. The van der Waals surface area contributed by atoms with Gasteiger partial charge in [-0.2, -0.15) is 0 Å². The van der Waals surface area contributed by atoms with Crippen LogP contribution in [0.4, 0.5) is 0 Å². The lowest BCUT2D eigenvalue weighted by Crippen LogP contribution is -2.12. The number of hydrogen-bond acceptors (Lipinski definition) is 6. The molecule has 1 atom stereocenters. The van der Waals surface area contributed by atoms with Crippen molar-refractivity contribution >= 4 is 17.7 Å². The predicted molar refractivity (Wildman–Crippen MR) is 87.6 cm³/mol. The van der Waals surface area contributed by atoms with E-state index in [1.807, 2.05) is 24.3 Å². The Kier molecular flexibility index (Phi) is 4.56. The molecule has 0 unspecified atom stereocenters. The molecule has 2 aromatic rings. The monoisotopic (exact) mass is 333 g/mol. The minimum atomic E-state index is -0.194. The highest BCUT2D eigenvalue weighted by Crippen LogP contribution is 2.33. The first-order valence-electron chi connectivity index (χ1n) is 7.52. The summed E-state index contributed by atoms with van der Waals surface area (Å²) in [6.45, 7) is 4.64. The summed E-state index contributed by atoms with van der Waals surface area (Å²) in [5, 5.41) is 9.17. The van der Waals surface area contributed by atoms with E-state index in [0.29, 0.717) is 13.0 Å². The summed E-state index contributed by atoms with van der Waals surface area (Å²) < 4.78 is 12.3. The third-order valence-electron chi connectivity index (χ3n) is 3.66. The van der Waals surface area contributed by atoms with E-state index in [4.69, 9.17) is 9.47 Å². The van der Waals surface area contributed by atoms with Crippen LogP contribution in [0, 0.1) is 0 Å². The van der Waals surface area contributed by atoms with Crippen LogP contribution in [0.15, 0.2) is 29.4 Å². The molecule has 1 fully saturated rings. The lowest BCUT2D eigenvalue weighted by atomic mass is 10.2. The zero-order valence-corrected chi connectivity index (χ0v) is 14.2. The molecule has 0 N–H and O–H groups in total. The van der Waals surface area contributed by atoms with E-state index in [1.165, 1.54) is 11.8 Å². The largest absolute Gasteiger partial charge is 0.497 e. The fraction of sp³-hybridized carbons (Fsp3) is 0.438. The highest BCUT2D eigenvalue weighted by atomic mass is 32.2. The number of esters is 1. The van der Waals surface area contributed by atoms with Crippen LogP contribution >= 0.6 is 11.8 Å². The first-order chi connectivity index (χ1) is 11.1. The average molecular weight is 333 g/mol. The number of benzene rings is 1. The molecule has 1 aliphatic heterocycles. The van der Waals surface area contributed by atoms with Crippen LogP contribution in [0.25, 0.3) is 11.4 Å². The SMILES string of the molecule is COc1ccc(-c2nnc(S[C@@H]3CCOC3=O)n2C(C)C)cc1. The lowest BCUT2D eigenvalue weighted by Gasteiger charge is -2.14. The van der Waals surface area contributed by atoms with Gasteiger partial charge < -0.3 is 9.47 Å². The number of methoxy groups -OCH3 is 1. The van der Waals surface area contributed by atoms with Crippen LogP contribution in [0.1, 0.15) is 26.3 Å². The average Bonchev–Trinajstić information content (AvgIpc) is 3.15. The Balaban J connectivity index is 1.92. The molecule has 122 valence electrons. The van der Waals surface area contributed by atoms with Crippen LogP contribution in [0.5, 0.6) is 5.75 Å². The normalized spacial score (nSPS) is 17.6. The maximum Gasteiger partial charge on any atom is 0.319 e. The Morgan fingerprint density at radius 3 is 2.61 bits per heavy atom. The van der Waals surface area contributed by atoms with Crippen molar-refractivity contribution in [2.75, 3.05) is 13.7 Å². The molecule has 1 saturated heterocycles. The molecular formula is C16H19N3O3S. The molecule has 23 heavy (non-hydrogen) atoms. The van der Waals surface area contributed by atoms with E-state index in [1.54, 1.807) is 7.11 Å². The lowest BCUT2D eigenvalue weighted by molar-refractivity contribution is -0.137. The summed E-state index contributed by atoms with van der Waals surface area (Å²) >= 11 is 1.43. The van der Waals surface area contributed by atoms with Gasteiger partial charge >= 0.3 is 5.97 Å². The minimum absolute atomic E-state index is 0.167. The number of hydrogen-bond donors (Lipinski definition) is 0. The van der Waals surface area contributed by atoms with Gasteiger partial charge in [-0.25, -0.2) is 0 Å². The van der Waals surface area contributed by atoms with Crippen molar-refractivity contribution in [1.82, 2.24) is 14.8 Å². The van der Waals surface area contributed by atoms with Crippen LogP contribution in [0.3, 0.4) is 0 Å². The molecule has 0 saturated carbocycles. The van der Waals surface area contributed by atoms with Crippen LogP contribution in [-0.4, -0.2) is 39.7 Å². The van der Waals surface area contributed by atoms with Crippen molar-refractivity contribution < 1.29 is 14.3 Å². The first-order valence-corrected chi connectivity index (χ1v) is 8.40. The van der Waals surface area contributed by atoms with Gasteiger partial charge in [0.05, 0.1) is 13.7 Å². The van der Waals surface area contributed by atoms with E-state index in [9.17, 15) is 4.79 Å². The molecule has 0 aliphatic carbocycles. The summed E-state index contributed by atoms with van der Waals surface area (Å²) in [7, 11) is 1.64. The van der Waals surface area contributed by atoms with Crippen molar-refractivity contribution in [2.24, 2.45) is 0 Å². The number of cyclic esters (lactones) is 1. The molecule has 7 heteroatoms. The number of thioether (sulfide) groups is 1. The van der Waals surface area contributed by atoms with Crippen LogP contribution in [-0.2, 0) is 9.53 Å². The molecule has 0 amide bonds. The predicted octanol–water partition coefficient (Wildman–Crippen LogP) is 2.94. The smallest absolute Gasteiger partial charge is 0.319 e. The summed E-state index contributed by atoms with van der Waals surface area (Å²) in [6, 6.07) is 7.90. The number of nitrogens with zero attached hydrogens (tertiary/aromatic N) is 3. The van der Waals surface area contributed by atoms with Crippen molar-refractivity contribution in [3.05, 3.63) is 24.3 Å². The van der Waals surface area contributed by atoms with Crippen molar-refractivity contribution in [1.29, 1.82) is 0 Å². The van der Waals surface area contributed by atoms with Gasteiger partial charge in [0.15, 0.2) is 11.0 Å². The molecule has 0 radical (unpaired) electrons. The van der Waals surface area contributed by atoms with E-state index in [0.717, 1.165) is 22.3 Å². The molecule has 6 nitrogen and oxygen atoms in total. The molecule has 0 bridgehead atoms. The minimum Gasteiger partial charge on any atom is -0.497 e. The quantitative estimate of drug-likeness (QED) is 0.784. The number of rotatable bonds is 5. The van der Waals surface area contributed by atoms with Gasteiger partial charge in [0.25, 0.3) is 0 Å². The Labute approximate surface area is 139 Å². The zero-order valence-electron chi connectivity index (χ0n) is 13.4.